The predicted molar refractivity (Wildman–Crippen MR) is 114 cm³/mol. The highest BCUT2D eigenvalue weighted by molar-refractivity contribution is 14.0. The summed E-state index contributed by atoms with van der Waals surface area (Å²) < 4.78 is 5.37. The monoisotopic (exact) mass is 469 g/mol. The minimum atomic E-state index is -0.448. The zero-order valence-electron chi connectivity index (χ0n) is 16.6. The van der Waals surface area contributed by atoms with Crippen LogP contribution in [0.1, 0.15) is 41.5 Å². The van der Waals surface area contributed by atoms with Crippen LogP contribution in [0.4, 0.5) is 4.79 Å². The minimum Gasteiger partial charge on any atom is -0.444 e. The molecule has 0 bridgehead atoms. The second-order valence-electron chi connectivity index (χ2n) is 7.01. The molecule has 25 heavy (non-hydrogen) atoms. The van der Waals surface area contributed by atoms with Crippen molar-refractivity contribution in [2.45, 2.75) is 53.2 Å². The van der Waals surface area contributed by atoms with Crippen molar-refractivity contribution in [2.24, 2.45) is 4.99 Å². The van der Waals surface area contributed by atoms with E-state index in [4.69, 9.17) is 4.74 Å². The number of likely N-dealkylation sites (tertiary alicyclic amines) is 1. The molecule has 0 unspecified atom stereocenters. The van der Waals surface area contributed by atoms with Gasteiger partial charge in [-0.15, -0.1) is 24.0 Å². The molecule has 1 aliphatic rings. The van der Waals surface area contributed by atoms with Crippen molar-refractivity contribution in [3.8, 4) is 0 Å². The van der Waals surface area contributed by atoms with Crippen LogP contribution in [0.25, 0.3) is 0 Å². The number of hydrogen-bond acceptors (Lipinski definition) is 4. The van der Waals surface area contributed by atoms with Crippen LogP contribution in [0.5, 0.6) is 0 Å². The fraction of sp³-hybridized carbons (Fsp3) is 0.882. The lowest BCUT2D eigenvalue weighted by molar-refractivity contribution is 0.00701. The highest BCUT2D eigenvalue weighted by Crippen LogP contribution is 2.15. The topological polar surface area (TPSA) is 69.2 Å². The molecule has 0 saturated carbocycles. The molecule has 1 heterocycles. The summed E-state index contributed by atoms with van der Waals surface area (Å²) in [6.45, 7) is 17.9. The van der Waals surface area contributed by atoms with Gasteiger partial charge in [-0.1, -0.05) is 13.8 Å². The van der Waals surface area contributed by atoms with Crippen molar-refractivity contribution in [3.05, 3.63) is 0 Å². The van der Waals surface area contributed by atoms with Crippen molar-refractivity contribution in [1.29, 1.82) is 0 Å². The Morgan fingerprint density at radius 1 is 1.24 bits per heavy atom. The second kappa shape index (κ2) is 11.8. The first-order chi connectivity index (χ1) is 11.3. The van der Waals surface area contributed by atoms with E-state index < -0.39 is 5.60 Å². The Bertz CT molecular complexity index is 416. The number of aliphatic imine (C=N–C) groups is 1. The van der Waals surface area contributed by atoms with Gasteiger partial charge in [-0.05, 0) is 40.8 Å². The lowest BCUT2D eigenvalue weighted by atomic mass is 10.1. The van der Waals surface area contributed by atoms with Gasteiger partial charge in [0.15, 0.2) is 5.96 Å². The normalized spacial score (nSPS) is 15.5. The molecular formula is C17H36IN5O2. The first-order valence-corrected chi connectivity index (χ1v) is 9.04. The van der Waals surface area contributed by atoms with Crippen LogP contribution in [-0.2, 0) is 4.74 Å². The molecule has 0 aromatic carbocycles. The van der Waals surface area contributed by atoms with E-state index in [0.29, 0.717) is 13.1 Å². The van der Waals surface area contributed by atoms with Crippen molar-refractivity contribution >= 4 is 36.0 Å². The molecule has 148 valence electrons. The number of hydrogen-bond donors (Lipinski definition) is 2. The molecule has 0 aromatic heterocycles. The zero-order chi connectivity index (χ0) is 18.2. The average molecular weight is 469 g/mol. The van der Waals surface area contributed by atoms with E-state index in [0.717, 1.165) is 38.7 Å². The molecule has 1 aliphatic heterocycles. The van der Waals surface area contributed by atoms with Gasteiger partial charge in [0.1, 0.15) is 5.60 Å². The van der Waals surface area contributed by atoms with Crippen LogP contribution >= 0.6 is 24.0 Å². The molecule has 0 spiro atoms. The molecule has 1 rings (SSSR count). The Balaban J connectivity index is 0.00000576. The van der Waals surface area contributed by atoms with Gasteiger partial charge in [0, 0.05) is 26.2 Å². The molecule has 1 saturated heterocycles. The fourth-order valence-electron chi connectivity index (χ4n) is 2.40. The largest absolute Gasteiger partial charge is 0.444 e. The van der Waals surface area contributed by atoms with Crippen molar-refractivity contribution in [3.63, 3.8) is 0 Å². The number of rotatable bonds is 7. The third-order valence-corrected chi connectivity index (χ3v) is 3.80. The average Bonchev–Trinajstić information content (AvgIpc) is 2.44. The smallest absolute Gasteiger partial charge is 0.410 e. The SMILES string of the molecule is CCNC(=NCCN(CC)CC)NC1CN(C(=O)OC(C)(C)C)C1.I. The summed E-state index contributed by atoms with van der Waals surface area (Å²) in [5.74, 6) is 0.818. The number of guanidine groups is 1. The Hall–Kier alpha value is -0.770. The number of halogens is 1. The standard InChI is InChI=1S/C17H35N5O2.HI/c1-7-18-15(19-10-11-21(8-2)9-3)20-14-12-22(13-14)16(23)24-17(4,5)6;/h14H,7-13H2,1-6H3,(H2,18,19,20);1H. The van der Waals surface area contributed by atoms with E-state index in [1.807, 2.05) is 20.8 Å². The molecule has 0 aliphatic carbocycles. The third kappa shape index (κ3) is 9.48. The molecule has 0 aromatic rings. The first kappa shape index (κ1) is 24.2. The van der Waals surface area contributed by atoms with Crippen LogP contribution in [-0.4, -0.2) is 79.3 Å². The molecule has 1 amide bonds. The van der Waals surface area contributed by atoms with Crippen LogP contribution < -0.4 is 10.6 Å². The maximum Gasteiger partial charge on any atom is 0.410 e. The van der Waals surface area contributed by atoms with Crippen LogP contribution in [0.3, 0.4) is 0 Å². The second-order valence-corrected chi connectivity index (χ2v) is 7.01. The van der Waals surface area contributed by atoms with E-state index in [1.54, 1.807) is 4.90 Å². The maximum atomic E-state index is 11.9. The van der Waals surface area contributed by atoms with Gasteiger partial charge in [0.2, 0.25) is 0 Å². The van der Waals surface area contributed by atoms with Gasteiger partial charge < -0.3 is 25.2 Å². The number of nitrogens with zero attached hydrogens (tertiary/aromatic N) is 3. The van der Waals surface area contributed by atoms with E-state index >= 15 is 0 Å². The number of carbonyl (C=O) groups excluding carboxylic acids is 1. The third-order valence-electron chi connectivity index (χ3n) is 3.80. The maximum absolute atomic E-state index is 11.9. The Morgan fingerprint density at radius 2 is 1.84 bits per heavy atom. The van der Waals surface area contributed by atoms with Crippen molar-refractivity contribution in [2.75, 3.05) is 45.8 Å². The quantitative estimate of drug-likeness (QED) is 0.340. The van der Waals surface area contributed by atoms with E-state index in [-0.39, 0.29) is 36.1 Å². The highest BCUT2D eigenvalue weighted by Gasteiger charge is 2.34. The van der Waals surface area contributed by atoms with Crippen molar-refractivity contribution in [1.82, 2.24) is 20.4 Å². The molecule has 2 N–H and O–H groups in total. The Kier molecular flexibility index (Phi) is 11.4. The summed E-state index contributed by atoms with van der Waals surface area (Å²) in [6.07, 6.45) is -0.246. The Morgan fingerprint density at radius 3 is 2.32 bits per heavy atom. The summed E-state index contributed by atoms with van der Waals surface area (Å²) >= 11 is 0. The van der Waals surface area contributed by atoms with Gasteiger partial charge in [0.05, 0.1) is 12.6 Å². The summed E-state index contributed by atoms with van der Waals surface area (Å²) in [5.41, 5.74) is -0.448. The minimum absolute atomic E-state index is 0. The summed E-state index contributed by atoms with van der Waals surface area (Å²) in [6, 6.07) is 0.226. The summed E-state index contributed by atoms with van der Waals surface area (Å²) in [4.78, 5) is 20.6. The summed E-state index contributed by atoms with van der Waals surface area (Å²) in [5, 5.41) is 6.64. The Labute approximate surface area is 170 Å². The number of likely N-dealkylation sites (N-methyl/N-ethyl adjacent to an activating group) is 1. The first-order valence-electron chi connectivity index (χ1n) is 9.04. The summed E-state index contributed by atoms with van der Waals surface area (Å²) in [7, 11) is 0. The number of amides is 1. The number of carbonyl (C=O) groups is 1. The zero-order valence-corrected chi connectivity index (χ0v) is 18.9. The van der Waals surface area contributed by atoms with Crippen LogP contribution in [0, 0.1) is 0 Å². The van der Waals surface area contributed by atoms with Crippen LogP contribution in [0.15, 0.2) is 4.99 Å². The molecule has 1 fully saturated rings. The highest BCUT2D eigenvalue weighted by atomic mass is 127. The predicted octanol–water partition coefficient (Wildman–Crippen LogP) is 2.12. The van der Waals surface area contributed by atoms with Crippen molar-refractivity contribution < 1.29 is 9.53 Å². The fourth-order valence-corrected chi connectivity index (χ4v) is 2.40. The van der Waals surface area contributed by atoms with E-state index in [1.165, 1.54) is 0 Å². The number of nitrogens with one attached hydrogen (secondary N) is 2. The van der Waals surface area contributed by atoms with Gasteiger partial charge in [0.25, 0.3) is 0 Å². The van der Waals surface area contributed by atoms with Crippen LogP contribution in [0.2, 0.25) is 0 Å². The van der Waals surface area contributed by atoms with Gasteiger partial charge in [-0.25, -0.2) is 4.79 Å². The lowest BCUT2D eigenvalue weighted by Crippen LogP contribution is -2.63. The molecular weight excluding hydrogens is 433 g/mol. The lowest BCUT2D eigenvalue weighted by Gasteiger charge is -2.40. The van der Waals surface area contributed by atoms with Gasteiger partial charge in [-0.3, -0.25) is 4.99 Å². The van der Waals surface area contributed by atoms with Gasteiger partial charge in [-0.2, -0.15) is 0 Å². The van der Waals surface area contributed by atoms with E-state index in [9.17, 15) is 4.79 Å². The molecule has 8 heteroatoms. The van der Waals surface area contributed by atoms with E-state index in [2.05, 4.69) is 41.3 Å². The molecule has 0 atom stereocenters. The van der Waals surface area contributed by atoms with Gasteiger partial charge >= 0.3 is 6.09 Å². The number of ether oxygens (including phenoxy) is 1. The molecule has 7 nitrogen and oxygen atoms in total. The molecule has 0 radical (unpaired) electrons.